The molecule has 1 aliphatic rings. The highest BCUT2D eigenvalue weighted by molar-refractivity contribution is 6.04. The van der Waals surface area contributed by atoms with E-state index in [0.717, 1.165) is 0 Å². The van der Waals surface area contributed by atoms with E-state index in [1.165, 1.54) is 4.90 Å². The van der Waals surface area contributed by atoms with Gasteiger partial charge in [-0.15, -0.1) is 0 Å². The van der Waals surface area contributed by atoms with E-state index < -0.39 is 0 Å². The van der Waals surface area contributed by atoms with Crippen LogP contribution >= 0.6 is 0 Å². The van der Waals surface area contributed by atoms with Crippen LogP contribution in [0.2, 0.25) is 0 Å². The predicted molar refractivity (Wildman–Crippen MR) is 85.9 cm³/mol. The number of ether oxygens (including phenoxy) is 2. The van der Waals surface area contributed by atoms with Crippen LogP contribution in [0.3, 0.4) is 0 Å². The zero-order valence-corrected chi connectivity index (χ0v) is 12.6. The van der Waals surface area contributed by atoms with Crippen molar-refractivity contribution >= 4 is 23.2 Å². The molecule has 3 rings (SSSR count). The van der Waals surface area contributed by atoms with E-state index in [9.17, 15) is 9.59 Å². The van der Waals surface area contributed by atoms with Crippen molar-refractivity contribution in [2.75, 3.05) is 30.5 Å². The van der Waals surface area contributed by atoms with Gasteiger partial charge in [-0.2, -0.15) is 0 Å². The lowest BCUT2D eigenvalue weighted by Crippen LogP contribution is -2.43. The van der Waals surface area contributed by atoms with E-state index in [1.807, 2.05) is 6.07 Å². The van der Waals surface area contributed by atoms with E-state index in [0.29, 0.717) is 22.9 Å². The molecule has 0 aliphatic carbocycles. The summed E-state index contributed by atoms with van der Waals surface area (Å²) in [6.45, 7) is -0.127. The Bertz CT molecular complexity index is 728. The highest BCUT2D eigenvalue weighted by Crippen LogP contribution is 2.31. The van der Waals surface area contributed by atoms with Crippen LogP contribution in [-0.4, -0.2) is 32.1 Å². The van der Waals surface area contributed by atoms with E-state index in [2.05, 4.69) is 5.32 Å². The minimum atomic E-state index is -0.278. The van der Waals surface area contributed by atoms with Gasteiger partial charge in [0.15, 0.2) is 6.61 Å². The zero-order valence-electron chi connectivity index (χ0n) is 12.6. The van der Waals surface area contributed by atoms with Crippen molar-refractivity contribution in [2.24, 2.45) is 0 Å². The number of benzene rings is 2. The molecular weight excluding hydrogens is 296 g/mol. The van der Waals surface area contributed by atoms with Crippen LogP contribution in [0, 0.1) is 0 Å². The summed E-state index contributed by atoms with van der Waals surface area (Å²) < 4.78 is 10.4. The van der Waals surface area contributed by atoms with Gasteiger partial charge in [0.1, 0.15) is 18.0 Å². The molecule has 0 atom stereocenters. The molecule has 1 aliphatic heterocycles. The Hall–Kier alpha value is -3.02. The fourth-order valence-corrected chi connectivity index (χ4v) is 2.35. The molecule has 1 N–H and O–H groups in total. The summed E-state index contributed by atoms with van der Waals surface area (Å²) in [5.74, 6) is 0.790. The van der Waals surface area contributed by atoms with Gasteiger partial charge in [0, 0.05) is 5.69 Å². The fourth-order valence-electron chi connectivity index (χ4n) is 2.35. The lowest BCUT2D eigenvalue weighted by Gasteiger charge is -2.28. The highest BCUT2D eigenvalue weighted by atomic mass is 16.5. The smallest absolute Gasteiger partial charge is 0.265 e. The third-order valence-corrected chi connectivity index (χ3v) is 3.48. The quantitative estimate of drug-likeness (QED) is 0.938. The molecule has 118 valence electrons. The number of hydrogen-bond acceptors (Lipinski definition) is 4. The SMILES string of the molecule is COc1ccc(NC(=O)CN2C(=O)COc3ccccc32)cc1. The molecule has 6 nitrogen and oxygen atoms in total. The average Bonchev–Trinajstić information content (AvgIpc) is 2.58. The van der Waals surface area contributed by atoms with Crippen LogP contribution in [0.25, 0.3) is 0 Å². The van der Waals surface area contributed by atoms with Gasteiger partial charge in [-0.05, 0) is 36.4 Å². The molecule has 23 heavy (non-hydrogen) atoms. The summed E-state index contributed by atoms with van der Waals surface area (Å²) in [4.78, 5) is 25.7. The molecule has 2 aromatic rings. The third-order valence-electron chi connectivity index (χ3n) is 3.48. The molecule has 6 heteroatoms. The Kier molecular flexibility index (Phi) is 4.14. The van der Waals surface area contributed by atoms with Gasteiger partial charge < -0.3 is 14.8 Å². The number of para-hydroxylation sites is 2. The van der Waals surface area contributed by atoms with Crippen molar-refractivity contribution in [2.45, 2.75) is 0 Å². The minimum absolute atomic E-state index is 0.0627. The highest BCUT2D eigenvalue weighted by Gasteiger charge is 2.26. The molecule has 0 saturated heterocycles. The summed E-state index contributed by atoms with van der Waals surface area (Å²) in [6.07, 6.45) is 0. The van der Waals surface area contributed by atoms with Gasteiger partial charge in [0.25, 0.3) is 5.91 Å². The Morgan fingerprint density at radius 1 is 1.22 bits per heavy atom. The van der Waals surface area contributed by atoms with Gasteiger partial charge >= 0.3 is 0 Å². The van der Waals surface area contributed by atoms with E-state index in [-0.39, 0.29) is 25.0 Å². The predicted octanol–water partition coefficient (Wildman–Crippen LogP) is 2.06. The number of anilines is 2. The maximum absolute atomic E-state index is 12.2. The van der Waals surface area contributed by atoms with Gasteiger partial charge in [-0.1, -0.05) is 12.1 Å². The normalized spacial score (nSPS) is 13.1. The van der Waals surface area contributed by atoms with Crippen molar-refractivity contribution in [3.05, 3.63) is 48.5 Å². The number of carbonyl (C=O) groups excluding carboxylic acids is 2. The maximum Gasteiger partial charge on any atom is 0.265 e. The van der Waals surface area contributed by atoms with Crippen LogP contribution in [0.5, 0.6) is 11.5 Å². The van der Waals surface area contributed by atoms with Gasteiger partial charge in [0.05, 0.1) is 12.8 Å². The van der Waals surface area contributed by atoms with Crippen LogP contribution in [0.1, 0.15) is 0 Å². The van der Waals surface area contributed by atoms with Crippen molar-refractivity contribution in [1.82, 2.24) is 0 Å². The minimum Gasteiger partial charge on any atom is -0.497 e. The second kappa shape index (κ2) is 6.39. The fraction of sp³-hybridized carbons (Fsp3) is 0.176. The molecule has 0 radical (unpaired) electrons. The topological polar surface area (TPSA) is 67.9 Å². The monoisotopic (exact) mass is 312 g/mol. The summed E-state index contributed by atoms with van der Waals surface area (Å²) in [7, 11) is 1.58. The van der Waals surface area contributed by atoms with Gasteiger partial charge in [-0.25, -0.2) is 0 Å². The number of carbonyl (C=O) groups is 2. The molecule has 0 saturated carbocycles. The van der Waals surface area contributed by atoms with E-state index >= 15 is 0 Å². The molecule has 1 heterocycles. The Morgan fingerprint density at radius 3 is 2.70 bits per heavy atom. The van der Waals surface area contributed by atoms with Crippen molar-refractivity contribution in [1.29, 1.82) is 0 Å². The summed E-state index contributed by atoms with van der Waals surface area (Å²) in [5, 5.41) is 2.76. The molecule has 0 fully saturated rings. The molecule has 2 aromatic carbocycles. The number of hydrogen-bond donors (Lipinski definition) is 1. The second-order valence-corrected chi connectivity index (χ2v) is 5.01. The van der Waals surface area contributed by atoms with Gasteiger partial charge in [0.2, 0.25) is 5.91 Å². The van der Waals surface area contributed by atoms with Crippen molar-refractivity contribution < 1.29 is 19.1 Å². The second-order valence-electron chi connectivity index (χ2n) is 5.01. The molecule has 0 bridgehead atoms. The first-order chi connectivity index (χ1) is 11.2. The number of amides is 2. The molecule has 0 spiro atoms. The van der Waals surface area contributed by atoms with Crippen LogP contribution < -0.4 is 19.7 Å². The lowest BCUT2D eigenvalue weighted by atomic mass is 10.2. The summed E-state index contributed by atoms with van der Waals surface area (Å²) in [6, 6.07) is 14.1. The Balaban J connectivity index is 1.71. The first-order valence-corrected chi connectivity index (χ1v) is 7.13. The lowest BCUT2D eigenvalue weighted by molar-refractivity contribution is -0.123. The number of fused-ring (bicyclic) bond motifs is 1. The van der Waals surface area contributed by atoms with Crippen molar-refractivity contribution in [3.8, 4) is 11.5 Å². The number of methoxy groups -OCH3 is 1. The summed E-state index contributed by atoms with van der Waals surface area (Å²) >= 11 is 0. The van der Waals surface area contributed by atoms with E-state index in [4.69, 9.17) is 9.47 Å². The first-order valence-electron chi connectivity index (χ1n) is 7.13. The van der Waals surface area contributed by atoms with Gasteiger partial charge in [-0.3, -0.25) is 14.5 Å². The standard InChI is InChI=1S/C17H16N2O4/c1-22-13-8-6-12(7-9-13)18-16(20)10-19-14-4-2-3-5-15(14)23-11-17(19)21/h2-9H,10-11H2,1H3,(H,18,20). The first kappa shape index (κ1) is 14.9. The number of nitrogens with zero attached hydrogens (tertiary/aromatic N) is 1. The largest absolute Gasteiger partial charge is 0.497 e. The van der Waals surface area contributed by atoms with Crippen LogP contribution in [0.15, 0.2) is 48.5 Å². The number of rotatable bonds is 4. The third kappa shape index (κ3) is 3.26. The Morgan fingerprint density at radius 2 is 1.96 bits per heavy atom. The zero-order chi connectivity index (χ0) is 16.2. The van der Waals surface area contributed by atoms with Crippen LogP contribution in [-0.2, 0) is 9.59 Å². The van der Waals surface area contributed by atoms with E-state index in [1.54, 1.807) is 49.6 Å². The molecule has 0 unspecified atom stereocenters. The number of nitrogens with one attached hydrogen (secondary N) is 1. The Labute approximate surface area is 133 Å². The molecule has 2 amide bonds. The molecular formula is C17H16N2O4. The maximum atomic E-state index is 12.2. The van der Waals surface area contributed by atoms with Crippen molar-refractivity contribution in [3.63, 3.8) is 0 Å². The summed E-state index contributed by atoms with van der Waals surface area (Å²) in [5.41, 5.74) is 1.25. The van der Waals surface area contributed by atoms with Crippen LogP contribution in [0.4, 0.5) is 11.4 Å². The molecule has 0 aromatic heterocycles. The average molecular weight is 312 g/mol.